The van der Waals surface area contributed by atoms with Crippen molar-refractivity contribution >= 4 is 17.7 Å². The van der Waals surface area contributed by atoms with Crippen molar-refractivity contribution in [3.05, 3.63) is 48.8 Å². The number of nitrogens with one attached hydrogen (secondary N) is 1. The van der Waals surface area contributed by atoms with E-state index in [9.17, 15) is 10.1 Å². The van der Waals surface area contributed by atoms with Gasteiger partial charge in [-0.3, -0.25) is 14.3 Å². The molecule has 3 aromatic rings. The van der Waals surface area contributed by atoms with Crippen LogP contribution in [0.4, 0.5) is 0 Å². The van der Waals surface area contributed by atoms with Crippen LogP contribution in [0.25, 0.3) is 17.1 Å². The van der Waals surface area contributed by atoms with Gasteiger partial charge in [-0.15, -0.1) is 10.2 Å². The van der Waals surface area contributed by atoms with E-state index in [1.807, 2.05) is 41.0 Å². The van der Waals surface area contributed by atoms with E-state index in [2.05, 4.69) is 26.6 Å². The molecule has 0 radical (unpaired) electrons. The summed E-state index contributed by atoms with van der Waals surface area (Å²) < 4.78 is 7.18. The highest BCUT2D eigenvalue weighted by molar-refractivity contribution is 7.99. The molecule has 4 rings (SSSR count). The van der Waals surface area contributed by atoms with Crippen LogP contribution in [-0.4, -0.2) is 44.1 Å². The predicted molar refractivity (Wildman–Crippen MR) is 121 cm³/mol. The van der Waals surface area contributed by atoms with E-state index >= 15 is 0 Å². The largest absolute Gasteiger partial charge is 0.497 e. The molecule has 1 aromatic carbocycles. The second-order valence-corrected chi connectivity index (χ2v) is 8.61. The fraction of sp³-hybridized carbons (Fsp3) is 0.348. The molecule has 2 heterocycles. The molecule has 32 heavy (non-hydrogen) atoms. The van der Waals surface area contributed by atoms with Gasteiger partial charge in [0.1, 0.15) is 11.3 Å². The van der Waals surface area contributed by atoms with E-state index in [1.165, 1.54) is 11.8 Å². The SMILES string of the molecule is COc1ccc(-n2c(SCC(=O)NC3(C#N)CCCCC3)nnc2-c2ccncc2)cc1. The fourth-order valence-corrected chi connectivity index (χ4v) is 4.62. The summed E-state index contributed by atoms with van der Waals surface area (Å²) in [7, 11) is 1.62. The van der Waals surface area contributed by atoms with Gasteiger partial charge < -0.3 is 10.1 Å². The highest BCUT2D eigenvalue weighted by atomic mass is 32.2. The Morgan fingerprint density at radius 2 is 1.88 bits per heavy atom. The number of benzene rings is 1. The molecule has 2 aromatic heterocycles. The van der Waals surface area contributed by atoms with Gasteiger partial charge in [0.15, 0.2) is 11.0 Å². The van der Waals surface area contributed by atoms with E-state index in [0.29, 0.717) is 23.8 Å². The maximum atomic E-state index is 12.7. The third-order valence-electron chi connectivity index (χ3n) is 5.53. The molecule has 0 spiro atoms. The topological polar surface area (TPSA) is 106 Å². The first-order chi connectivity index (χ1) is 15.6. The number of hydrogen-bond acceptors (Lipinski definition) is 7. The molecule has 9 heteroatoms. The highest BCUT2D eigenvalue weighted by Gasteiger charge is 2.33. The van der Waals surface area contributed by atoms with Crippen LogP contribution >= 0.6 is 11.8 Å². The summed E-state index contributed by atoms with van der Waals surface area (Å²) in [6.45, 7) is 0. The number of ether oxygens (including phenoxy) is 1. The molecule has 1 aliphatic carbocycles. The van der Waals surface area contributed by atoms with E-state index in [4.69, 9.17) is 4.74 Å². The lowest BCUT2D eigenvalue weighted by atomic mass is 9.83. The van der Waals surface area contributed by atoms with Gasteiger partial charge in [-0.25, -0.2) is 0 Å². The zero-order valence-corrected chi connectivity index (χ0v) is 18.6. The van der Waals surface area contributed by atoms with Crippen molar-refractivity contribution in [1.82, 2.24) is 25.1 Å². The first-order valence-electron chi connectivity index (χ1n) is 10.5. The summed E-state index contributed by atoms with van der Waals surface area (Å²) in [5.41, 5.74) is 0.971. The van der Waals surface area contributed by atoms with Gasteiger partial charge in [0.2, 0.25) is 5.91 Å². The normalized spacial score (nSPS) is 15.0. The molecule has 0 atom stereocenters. The summed E-state index contributed by atoms with van der Waals surface area (Å²) in [5.74, 6) is 1.37. The summed E-state index contributed by atoms with van der Waals surface area (Å²) in [6, 6.07) is 13.6. The van der Waals surface area contributed by atoms with Gasteiger partial charge in [-0.2, -0.15) is 5.26 Å². The summed E-state index contributed by atoms with van der Waals surface area (Å²) >= 11 is 1.29. The van der Waals surface area contributed by atoms with Crippen LogP contribution in [0.5, 0.6) is 5.75 Å². The fourth-order valence-electron chi connectivity index (χ4n) is 3.87. The summed E-state index contributed by atoms with van der Waals surface area (Å²) in [6.07, 6.45) is 7.84. The average molecular weight is 449 g/mol. The quantitative estimate of drug-likeness (QED) is 0.548. The molecule has 8 nitrogen and oxygen atoms in total. The Labute approximate surface area is 191 Å². The molecule has 1 amide bonds. The van der Waals surface area contributed by atoms with Gasteiger partial charge in [-0.05, 0) is 49.2 Å². The Bertz CT molecular complexity index is 1100. The Morgan fingerprint density at radius 1 is 1.16 bits per heavy atom. The molecular formula is C23H24N6O2S. The first-order valence-corrected chi connectivity index (χ1v) is 11.5. The van der Waals surface area contributed by atoms with Gasteiger partial charge in [0, 0.05) is 23.6 Å². The molecule has 0 saturated heterocycles. The van der Waals surface area contributed by atoms with Crippen molar-refractivity contribution in [2.75, 3.05) is 12.9 Å². The number of methoxy groups -OCH3 is 1. The van der Waals surface area contributed by atoms with Crippen LogP contribution in [-0.2, 0) is 4.79 Å². The van der Waals surface area contributed by atoms with E-state index < -0.39 is 5.54 Å². The Kier molecular flexibility index (Phi) is 6.71. The molecule has 1 fully saturated rings. The van der Waals surface area contributed by atoms with Gasteiger partial charge in [-0.1, -0.05) is 31.0 Å². The third kappa shape index (κ3) is 4.75. The van der Waals surface area contributed by atoms with E-state index in [0.717, 1.165) is 36.3 Å². The number of thioether (sulfide) groups is 1. The van der Waals surface area contributed by atoms with Crippen LogP contribution in [0.3, 0.4) is 0 Å². The van der Waals surface area contributed by atoms with E-state index in [-0.39, 0.29) is 11.7 Å². The number of rotatable bonds is 7. The Hall–Kier alpha value is -3.38. The lowest BCUT2D eigenvalue weighted by Crippen LogP contribution is -2.49. The van der Waals surface area contributed by atoms with Gasteiger partial charge >= 0.3 is 0 Å². The van der Waals surface area contributed by atoms with Crippen LogP contribution in [0.1, 0.15) is 32.1 Å². The number of nitrogens with zero attached hydrogens (tertiary/aromatic N) is 5. The van der Waals surface area contributed by atoms with Crippen molar-refractivity contribution < 1.29 is 9.53 Å². The number of pyridine rings is 1. The molecular weight excluding hydrogens is 424 g/mol. The van der Waals surface area contributed by atoms with Crippen molar-refractivity contribution in [3.63, 3.8) is 0 Å². The standard InChI is InChI=1S/C23H24N6O2S/c1-31-19-7-5-18(6-8-19)29-21(17-9-13-25-14-10-17)27-28-22(29)32-15-20(30)26-23(16-24)11-3-2-4-12-23/h5-10,13-14H,2-4,11-12,15H2,1H3,(H,26,30). The number of amides is 1. The lowest BCUT2D eigenvalue weighted by molar-refractivity contribution is -0.120. The van der Waals surface area contributed by atoms with E-state index in [1.54, 1.807) is 19.5 Å². The van der Waals surface area contributed by atoms with Crippen LogP contribution in [0.15, 0.2) is 53.9 Å². The molecule has 1 aliphatic rings. The molecule has 1 saturated carbocycles. The Morgan fingerprint density at radius 3 is 2.53 bits per heavy atom. The zero-order valence-electron chi connectivity index (χ0n) is 17.8. The number of carbonyl (C=O) groups excluding carboxylic acids is 1. The number of nitriles is 1. The monoisotopic (exact) mass is 448 g/mol. The predicted octanol–water partition coefficient (Wildman–Crippen LogP) is 3.77. The van der Waals surface area contributed by atoms with Crippen molar-refractivity contribution in [3.8, 4) is 28.9 Å². The lowest BCUT2D eigenvalue weighted by Gasteiger charge is -2.31. The molecule has 1 N–H and O–H groups in total. The second kappa shape index (κ2) is 9.83. The summed E-state index contributed by atoms with van der Waals surface area (Å²) in [5, 5.41) is 21.9. The van der Waals surface area contributed by atoms with Gasteiger partial charge in [0.05, 0.1) is 18.9 Å². The maximum absolute atomic E-state index is 12.7. The third-order valence-corrected chi connectivity index (χ3v) is 6.46. The minimum absolute atomic E-state index is 0.147. The Balaban J connectivity index is 1.57. The molecule has 0 unspecified atom stereocenters. The van der Waals surface area contributed by atoms with Gasteiger partial charge in [0.25, 0.3) is 0 Å². The maximum Gasteiger partial charge on any atom is 0.231 e. The number of hydrogen-bond donors (Lipinski definition) is 1. The highest BCUT2D eigenvalue weighted by Crippen LogP contribution is 2.30. The number of carbonyl (C=O) groups is 1. The smallest absolute Gasteiger partial charge is 0.231 e. The van der Waals surface area contributed by atoms with Crippen molar-refractivity contribution in [2.45, 2.75) is 42.8 Å². The minimum Gasteiger partial charge on any atom is -0.497 e. The second-order valence-electron chi connectivity index (χ2n) is 7.67. The van der Waals surface area contributed by atoms with Crippen molar-refractivity contribution in [2.24, 2.45) is 0 Å². The molecule has 0 aliphatic heterocycles. The van der Waals surface area contributed by atoms with Crippen LogP contribution in [0, 0.1) is 11.3 Å². The number of aromatic nitrogens is 4. The summed E-state index contributed by atoms with van der Waals surface area (Å²) in [4.78, 5) is 16.8. The average Bonchev–Trinajstić information content (AvgIpc) is 3.28. The van der Waals surface area contributed by atoms with Crippen molar-refractivity contribution in [1.29, 1.82) is 5.26 Å². The van der Waals surface area contributed by atoms with Crippen LogP contribution in [0.2, 0.25) is 0 Å². The zero-order chi connectivity index (χ0) is 22.4. The van der Waals surface area contributed by atoms with Crippen LogP contribution < -0.4 is 10.1 Å². The molecule has 0 bridgehead atoms. The first kappa shape index (κ1) is 21.8. The minimum atomic E-state index is -0.748. The molecule has 164 valence electrons.